The van der Waals surface area contributed by atoms with Crippen LogP contribution in [0.3, 0.4) is 0 Å². The molecule has 28 heavy (non-hydrogen) atoms. The Hall–Kier alpha value is -2.67. The van der Waals surface area contributed by atoms with Crippen molar-refractivity contribution in [2.24, 2.45) is 0 Å². The second kappa shape index (κ2) is 8.56. The number of hydrogen-bond acceptors (Lipinski definition) is 3. The first-order valence-corrected chi connectivity index (χ1v) is 9.18. The average Bonchev–Trinajstić information content (AvgIpc) is 2.70. The summed E-state index contributed by atoms with van der Waals surface area (Å²) >= 11 is 0. The van der Waals surface area contributed by atoms with E-state index < -0.39 is 24.6 Å². The normalized spacial score (nSPS) is 19.7. The second-order valence-corrected chi connectivity index (χ2v) is 6.95. The van der Waals surface area contributed by atoms with Gasteiger partial charge in [0.05, 0.1) is 19.7 Å². The zero-order valence-electron chi connectivity index (χ0n) is 15.6. The number of methoxy groups -OCH3 is 1. The number of rotatable bonds is 5. The molecule has 1 fully saturated rings. The molecule has 0 aromatic heterocycles. The van der Waals surface area contributed by atoms with Gasteiger partial charge in [-0.1, -0.05) is 42.5 Å². The highest BCUT2D eigenvalue weighted by Crippen LogP contribution is 2.28. The number of aliphatic hydroxyl groups excluding tert-OH is 1. The minimum absolute atomic E-state index is 0.0866. The van der Waals surface area contributed by atoms with E-state index >= 15 is 0 Å². The van der Waals surface area contributed by atoms with Crippen molar-refractivity contribution in [3.8, 4) is 5.75 Å². The van der Waals surface area contributed by atoms with Gasteiger partial charge in [0.1, 0.15) is 11.9 Å². The van der Waals surface area contributed by atoms with Crippen molar-refractivity contribution in [1.82, 2.24) is 10.2 Å². The van der Waals surface area contributed by atoms with Gasteiger partial charge in [-0.05, 0) is 36.1 Å². The van der Waals surface area contributed by atoms with Gasteiger partial charge in [0.15, 0.2) is 0 Å². The van der Waals surface area contributed by atoms with Crippen LogP contribution in [0.2, 0.25) is 0 Å². The number of carbonyl (C=O) groups excluding carboxylic acids is 1. The van der Waals surface area contributed by atoms with Crippen LogP contribution >= 0.6 is 0 Å². The highest BCUT2D eigenvalue weighted by molar-refractivity contribution is 5.75. The Bertz CT molecular complexity index is 784. The van der Waals surface area contributed by atoms with Gasteiger partial charge in [-0.15, -0.1) is 0 Å². The van der Waals surface area contributed by atoms with E-state index in [4.69, 9.17) is 4.74 Å². The zero-order valence-corrected chi connectivity index (χ0v) is 15.6. The first kappa shape index (κ1) is 20.1. The van der Waals surface area contributed by atoms with E-state index in [-0.39, 0.29) is 19.0 Å². The van der Waals surface area contributed by atoms with Gasteiger partial charge >= 0.3 is 6.03 Å². The standard InChI is InChI=1S/C21H24F2N2O3/c1-28-17-9-7-16(8-10-17)18(13-15-5-3-2-4-6-15)24-20(27)25-12-11-19(26)21(22,23)14-25/h2-10,18-19,26H,11-14H2,1H3,(H,24,27). The lowest BCUT2D eigenvalue weighted by Crippen LogP contribution is -2.56. The maximum atomic E-state index is 13.8. The van der Waals surface area contributed by atoms with Crippen LogP contribution in [0.25, 0.3) is 0 Å². The van der Waals surface area contributed by atoms with Gasteiger partial charge in [-0.3, -0.25) is 0 Å². The quantitative estimate of drug-likeness (QED) is 0.823. The van der Waals surface area contributed by atoms with Crippen LogP contribution in [0, 0.1) is 0 Å². The van der Waals surface area contributed by atoms with Crippen LogP contribution in [-0.4, -0.2) is 48.3 Å². The number of hydrogen-bond donors (Lipinski definition) is 2. The predicted molar refractivity (Wildman–Crippen MR) is 102 cm³/mol. The largest absolute Gasteiger partial charge is 0.497 e. The van der Waals surface area contributed by atoms with Crippen molar-refractivity contribution in [3.05, 3.63) is 65.7 Å². The highest BCUT2D eigenvalue weighted by atomic mass is 19.3. The van der Waals surface area contributed by atoms with Crippen LogP contribution in [0.4, 0.5) is 13.6 Å². The molecule has 2 amide bonds. The third kappa shape index (κ3) is 4.78. The molecule has 1 saturated heterocycles. The molecule has 1 aliphatic heterocycles. The minimum Gasteiger partial charge on any atom is -0.497 e. The number of halogens is 2. The molecular weight excluding hydrogens is 366 g/mol. The summed E-state index contributed by atoms with van der Waals surface area (Å²) in [6.07, 6.45) is -1.34. The van der Waals surface area contributed by atoms with Gasteiger partial charge in [-0.25, -0.2) is 13.6 Å². The van der Waals surface area contributed by atoms with E-state index in [1.54, 1.807) is 19.2 Å². The fourth-order valence-corrected chi connectivity index (χ4v) is 3.28. The summed E-state index contributed by atoms with van der Waals surface area (Å²) in [5.41, 5.74) is 1.87. The van der Waals surface area contributed by atoms with E-state index in [2.05, 4.69) is 5.32 Å². The van der Waals surface area contributed by atoms with Gasteiger partial charge < -0.3 is 20.1 Å². The van der Waals surface area contributed by atoms with Crippen molar-refractivity contribution in [1.29, 1.82) is 0 Å². The summed E-state index contributed by atoms with van der Waals surface area (Å²) in [7, 11) is 1.57. The van der Waals surface area contributed by atoms with E-state index in [1.165, 1.54) is 0 Å². The summed E-state index contributed by atoms with van der Waals surface area (Å²) in [6.45, 7) is -0.704. The molecule has 1 heterocycles. The number of nitrogens with zero attached hydrogens (tertiary/aromatic N) is 1. The molecular formula is C21H24F2N2O3. The SMILES string of the molecule is COc1ccc(C(Cc2ccccc2)NC(=O)N2CCC(O)C(F)(F)C2)cc1. The number of carbonyl (C=O) groups is 1. The molecule has 1 aliphatic rings. The fraction of sp³-hybridized carbons (Fsp3) is 0.381. The van der Waals surface area contributed by atoms with Crippen molar-refractivity contribution in [2.75, 3.05) is 20.2 Å². The highest BCUT2D eigenvalue weighted by Gasteiger charge is 2.45. The molecule has 7 heteroatoms. The minimum atomic E-state index is -3.30. The number of piperidine rings is 1. The summed E-state index contributed by atoms with van der Waals surface area (Å²) in [6, 6.07) is 16.0. The fourth-order valence-electron chi connectivity index (χ4n) is 3.28. The van der Waals surface area contributed by atoms with Gasteiger partial charge in [0.2, 0.25) is 0 Å². The lowest BCUT2D eigenvalue weighted by molar-refractivity contribution is -0.141. The third-order valence-corrected chi connectivity index (χ3v) is 4.95. The van der Waals surface area contributed by atoms with Crippen LogP contribution < -0.4 is 10.1 Å². The number of nitrogens with one attached hydrogen (secondary N) is 1. The van der Waals surface area contributed by atoms with E-state index in [0.717, 1.165) is 16.0 Å². The van der Waals surface area contributed by atoms with Crippen LogP contribution in [0.15, 0.2) is 54.6 Å². The maximum absolute atomic E-state index is 13.8. The molecule has 0 aliphatic carbocycles. The van der Waals surface area contributed by atoms with Gasteiger partial charge in [-0.2, -0.15) is 0 Å². The smallest absolute Gasteiger partial charge is 0.318 e. The van der Waals surface area contributed by atoms with Crippen molar-refractivity contribution >= 4 is 6.03 Å². The van der Waals surface area contributed by atoms with Crippen molar-refractivity contribution < 1.29 is 23.4 Å². The number of alkyl halides is 2. The molecule has 2 atom stereocenters. The monoisotopic (exact) mass is 390 g/mol. The summed E-state index contributed by atoms with van der Waals surface area (Å²) in [4.78, 5) is 13.7. The lowest BCUT2D eigenvalue weighted by atomic mass is 9.98. The van der Waals surface area contributed by atoms with Crippen LogP contribution in [0.1, 0.15) is 23.6 Å². The maximum Gasteiger partial charge on any atom is 0.318 e. The number of amides is 2. The molecule has 2 aromatic rings. The number of aliphatic hydroxyl groups is 1. The molecule has 0 spiro atoms. The van der Waals surface area contributed by atoms with E-state index in [9.17, 15) is 18.7 Å². The molecule has 3 rings (SSSR count). The Labute approximate surface area is 162 Å². The second-order valence-electron chi connectivity index (χ2n) is 6.95. The molecule has 0 saturated carbocycles. The van der Waals surface area contributed by atoms with Gasteiger partial charge in [0.25, 0.3) is 5.92 Å². The Kier molecular flexibility index (Phi) is 6.14. The molecule has 2 unspecified atom stereocenters. The Balaban J connectivity index is 1.77. The first-order chi connectivity index (χ1) is 13.4. The average molecular weight is 390 g/mol. The molecule has 0 radical (unpaired) electrons. The Morgan fingerprint density at radius 1 is 1.25 bits per heavy atom. The lowest BCUT2D eigenvalue weighted by Gasteiger charge is -2.36. The predicted octanol–water partition coefficient (Wildman–Crippen LogP) is 3.39. The van der Waals surface area contributed by atoms with E-state index in [0.29, 0.717) is 12.2 Å². The molecule has 150 valence electrons. The number of likely N-dealkylation sites (tertiary alicyclic amines) is 1. The van der Waals surface area contributed by atoms with Crippen LogP contribution in [-0.2, 0) is 6.42 Å². The number of ether oxygens (including phenoxy) is 1. The zero-order chi connectivity index (χ0) is 20.1. The summed E-state index contributed by atoms with van der Waals surface area (Å²) in [5, 5.41) is 12.3. The molecule has 0 bridgehead atoms. The Morgan fingerprint density at radius 2 is 1.93 bits per heavy atom. The summed E-state index contributed by atoms with van der Waals surface area (Å²) < 4.78 is 32.8. The first-order valence-electron chi connectivity index (χ1n) is 9.18. The molecule has 2 aromatic carbocycles. The van der Waals surface area contributed by atoms with E-state index in [1.807, 2.05) is 42.5 Å². The van der Waals surface area contributed by atoms with Crippen molar-refractivity contribution in [2.45, 2.75) is 30.9 Å². The number of urea groups is 1. The molecule has 5 nitrogen and oxygen atoms in total. The molecule has 2 N–H and O–H groups in total. The summed E-state index contributed by atoms with van der Waals surface area (Å²) in [5.74, 6) is -2.61. The van der Waals surface area contributed by atoms with Gasteiger partial charge in [0, 0.05) is 6.54 Å². The van der Waals surface area contributed by atoms with Crippen molar-refractivity contribution in [3.63, 3.8) is 0 Å². The topological polar surface area (TPSA) is 61.8 Å². The third-order valence-electron chi connectivity index (χ3n) is 4.95. The number of benzene rings is 2. The van der Waals surface area contributed by atoms with Crippen LogP contribution in [0.5, 0.6) is 5.75 Å². The Morgan fingerprint density at radius 3 is 2.54 bits per heavy atom.